The summed E-state index contributed by atoms with van der Waals surface area (Å²) in [5.74, 6) is -1.24. The van der Waals surface area contributed by atoms with E-state index in [9.17, 15) is 14.3 Å². The van der Waals surface area contributed by atoms with Crippen molar-refractivity contribution in [3.05, 3.63) is 59.7 Å². The molecule has 0 radical (unpaired) electrons. The van der Waals surface area contributed by atoms with Crippen molar-refractivity contribution in [2.24, 2.45) is 5.92 Å². The molecule has 2 aromatic carbocycles. The Bertz CT molecular complexity index is 1340. The highest BCUT2D eigenvalue weighted by Gasteiger charge is 2.38. The van der Waals surface area contributed by atoms with Gasteiger partial charge in [-0.15, -0.1) is 0 Å². The van der Waals surface area contributed by atoms with Gasteiger partial charge in [0.05, 0.1) is 29.8 Å². The number of carboxylic acid groups (broad SMARTS) is 1. The second-order valence-corrected chi connectivity index (χ2v) is 9.76. The van der Waals surface area contributed by atoms with Gasteiger partial charge in [-0.25, -0.2) is 4.39 Å². The molecule has 0 amide bonds. The molecule has 2 heterocycles. The second kappa shape index (κ2) is 7.99. The van der Waals surface area contributed by atoms with E-state index in [4.69, 9.17) is 4.74 Å². The van der Waals surface area contributed by atoms with Crippen LogP contribution in [-0.4, -0.2) is 39.6 Å². The fourth-order valence-corrected chi connectivity index (χ4v) is 5.58. The van der Waals surface area contributed by atoms with E-state index in [1.54, 1.807) is 25.4 Å². The Balaban J connectivity index is 1.86. The van der Waals surface area contributed by atoms with Crippen molar-refractivity contribution in [3.8, 4) is 5.69 Å². The van der Waals surface area contributed by atoms with E-state index in [1.807, 2.05) is 0 Å². The average Bonchev–Trinajstić information content (AvgIpc) is 3.49. The third kappa shape index (κ3) is 3.60. The number of aromatic amines is 1. The lowest BCUT2D eigenvalue weighted by atomic mass is 9.82. The molecule has 2 aromatic heterocycles. The van der Waals surface area contributed by atoms with Crippen molar-refractivity contribution in [2.75, 3.05) is 13.7 Å². The SMILES string of the molecule is COCC(C)(C)c1c(C2CCC(C(=O)O)C2)c2cc3[nH]ncc3cc2n1-c1ccc(F)cc1. The number of hydrogen-bond donors (Lipinski definition) is 2. The number of H-pyrrole nitrogens is 1. The summed E-state index contributed by atoms with van der Waals surface area (Å²) in [6, 6.07) is 10.8. The number of carbonyl (C=O) groups is 1. The molecule has 1 fully saturated rings. The number of carboxylic acids is 1. The van der Waals surface area contributed by atoms with Crippen molar-refractivity contribution in [1.82, 2.24) is 14.8 Å². The zero-order valence-corrected chi connectivity index (χ0v) is 19.1. The summed E-state index contributed by atoms with van der Waals surface area (Å²) < 4.78 is 21.6. The molecule has 0 bridgehead atoms. The first-order valence-corrected chi connectivity index (χ1v) is 11.3. The van der Waals surface area contributed by atoms with Gasteiger partial charge in [0.1, 0.15) is 5.82 Å². The molecule has 1 aliphatic carbocycles. The van der Waals surface area contributed by atoms with Gasteiger partial charge in [0.15, 0.2) is 0 Å². The zero-order chi connectivity index (χ0) is 23.3. The molecule has 172 valence electrons. The highest BCUT2D eigenvalue weighted by atomic mass is 19.1. The first-order valence-electron chi connectivity index (χ1n) is 11.3. The maximum atomic E-state index is 13.8. The molecule has 33 heavy (non-hydrogen) atoms. The number of nitrogens with one attached hydrogen (secondary N) is 1. The number of fused-ring (bicyclic) bond motifs is 2. The molecule has 1 saturated carbocycles. The van der Waals surface area contributed by atoms with Crippen molar-refractivity contribution in [1.29, 1.82) is 0 Å². The Hall–Kier alpha value is -3.19. The van der Waals surface area contributed by atoms with Gasteiger partial charge in [-0.2, -0.15) is 5.10 Å². The van der Waals surface area contributed by atoms with E-state index in [2.05, 4.69) is 40.7 Å². The molecule has 0 saturated heterocycles. The van der Waals surface area contributed by atoms with Gasteiger partial charge in [0, 0.05) is 34.7 Å². The van der Waals surface area contributed by atoms with Crippen LogP contribution in [0.15, 0.2) is 42.6 Å². The lowest BCUT2D eigenvalue weighted by molar-refractivity contribution is -0.141. The van der Waals surface area contributed by atoms with Crippen LogP contribution in [0, 0.1) is 11.7 Å². The molecule has 7 heteroatoms. The standard InChI is InChI=1S/C26H28FN3O3/c1-26(2,14-33-3)24-23(15-4-5-16(10-15)25(31)32)20-12-21-17(13-28-29-21)11-22(20)30(24)19-8-6-18(27)7-9-19/h6-9,11-13,15-16H,4-5,10,14H2,1-3H3,(H,28,29)(H,31,32). The smallest absolute Gasteiger partial charge is 0.306 e. The Morgan fingerprint density at radius 1 is 1.27 bits per heavy atom. The summed E-state index contributed by atoms with van der Waals surface area (Å²) >= 11 is 0. The zero-order valence-electron chi connectivity index (χ0n) is 19.1. The average molecular weight is 450 g/mol. The molecular formula is C26H28FN3O3. The van der Waals surface area contributed by atoms with Gasteiger partial charge in [-0.3, -0.25) is 9.89 Å². The largest absolute Gasteiger partial charge is 0.481 e. The highest BCUT2D eigenvalue weighted by molar-refractivity contribution is 5.99. The molecular weight excluding hydrogens is 421 g/mol. The number of ether oxygens (including phenoxy) is 1. The van der Waals surface area contributed by atoms with Crippen LogP contribution in [0.2, 0.25) is 0 Å². The molecule has 0 spiro atoms. The summed E-state index contributed by atoms with van der Waals surface area (Å²) in [6.45, 7) is 4.78. The van der Waals surface area contributed by atoms with E-state index < -0.39 is 5.97 Å². The molecule has 6 nitrogen and oxygen atoms in total. The van der Waals surface area contributed by atoms with Gasteiger partial charge in [0.2, 0.25) is 0 Å². The summed E-state index contributed by atoms with van der Waals surface area (Å²) in [4.78, 5) is 11.8. The van der Waals surface area contributed by atoms with E-state index in [0.29, 0.717) is 19.4 Å². The van der Waals surface area contributed by atoms with Crippen LogP contribution < -0.4 is 0 Å². The van der Waals surface area contributed by atoms with Gasteiger partial charge in [-0.05, 0) is 67.1 Å². The summed E-state index contributed by atoms with van der Waals surface area (Å²) in [6.07, 6.45) is 3.89. The quantitative estimate of drug-likeness (QED) is 0.405. The number of aliphatic carboxylic acids is 1. The number of benzene rings is 2. The Morgan fingerprint density at radius 3 is 2.70 bits per heavy atom. The Kier molecular flexibility index (Phi) is 5.24. The second-order valence-electron chi connectivity index (χ2n) is 9.76. The third-order valence-electron chi connectivity index (χ3n) is 6.99. The van der Waals surface area contributed by atoms with E-state index in [-0.39, 0.29) is 23.1 Å². The Morgan fingerprint density at radius 2 is 2.03 bits per heavy atom. The lowest BCUT2D eigenvalue weighted by Gasteiger charge is -2.29. The summed E-state index contributed by atoms with van der Waals surface area (Å²) in [7, 11) is 1.69. The number of rotatable bonds is 6. The first kappa shape index (κ1) is 21.6. The van der Waals surface area contributed by atoms with Crippen molar-refractivity contribution < 1.29 is 19.0 Å². The minimum atomic E-state index is -0.728. The van der Waals surface area contributed by atoms with Crippen molar-refractivity contribution in [3.63, 3.8) is 0 Å². The molecule has 1 aliphatic rings. The van der Waals surface area contributed by atoms with Crippen LogP contribution in [-0.2, 0) is 14.9 Å². The monoisotopic (exact) mass is 449 g/mol. The molecule has 4 aromatic rings. The number of hydrogen-bond acceptors (Lipinski definition) is 3. The molecule has 5 rings (SSSR count). The van der Waals surface area contributed by atoms with Crippen molar-refractivity contribution >= 4 is 27.8 Å². The number of nitrogens with zero attached hydrogens (tertiary/aromatic N) is 2. The van der Waals surface area contributed by atoms with Gasteiger partial charge in [-0.1, -0.05) is 13.8 Å². The Labute approximate surface area is 191 Å². The minimum absolute atomic E-state index is 0.113. The maximum absolute atomic E-state index is 13.8. The van der Waals surface area contributed by atoms with Crippen LogP contribution in [0.5, 0.6) is 0 Å². The summed E-state index contributed by atoms with van der Waals surface area (Å²) in [5, 5.41) is 19.0. The van der Waals surface area contributed by atoms with Crippen molar-refractivity contribution in [2.45, 2.75) is 44.4 Å². The normalized spacial score (nSPS) is 19.0. The molecule has 0 aliphatic heterocycles. The van der Waals surface area contributed by atoms with Gasteiger partial charge in [0.25, 0.3) is 0 Å². The maximum Gasteiger partial charge on any atom is 0.306 e. The molecule has 2 atom stereocenters. The van der Waals surface area contributed by atoms with Crippen LogP contribution in [0.25, 0.3) is 27.5 Å². The van der Waals surface area contributed by atoms with Crippen LogP contribution in [0.3, 0.4) is 0 Å². The van der Waals surface area contributed by atoms with Crippen LogP contribution in [0.4, 0.5) is 4.39 Å². The van der Waals surface area contributed by atoms with Crippen LogP contribution in [0.1, 0.15) is 50.3 Å². The van der Waals surface area contributed by atoms with Gasteiger partial charge >= 0.3 is 5.97 Å². The fraction of sp³-hybridized carbons (Fsp3) is 0.385. The highest BCUT2D eigenvalue weighted by Crippen LogP contribution is 2.48. The third-order valence-corrected chi connectivity index (χ3v) is 6.99. The lowest BCUT2D eigenvalue weighted by Crippen LogP contribution is -2.28. The van der Waals surface area contributed by atoms with E-state index in [1.165, 1.54) is 12.1 Å². The predicted octanol–water partition coefficient (Wildman–Crippen LogP) is 5.54. The first-order chi connectivity index (χ1) is 15.8. The number of methoxy groups -OCH3 is 1. The van der Waals surface area contributed by atoms with Gasteiger partial charge < -0.3 is 14.4 Å². The molecule has 2 unspecified atom stereocenters. The van der Waals surface area contributed by atoms with E-state index >= 15 is 0 Å². The molecule has 2 N–H and O–H groups in total. The summed E-state index contributed by atoms with van der Waals surface area (Å²) in [5.41, 5.74) is 4.68. The minimum Gasteiger partial charge on any atom is -0.481 e. The van der Waals surface area contributed by atoms with Crippen LogP contribution >= 0.6 is 0 Å². The number of halogens is 1. The number of aromatic nitrogens is 3. The van der Waals surface area contributed by atoms with E-state index in [0.717, 1.165) is 45.2 Å². The predicted molar refractivity (Wildman–Crippen MR) is 126 cm³/mol. The fourth-order valence-electron chi connectivity index (χ4n) is 5.58. The topological polar surface area (TPSA) is 80.1 Å².